The number of hydrogen-bond donors (Lipinski definition) is 2. The van der Waals surface area contributed by atoms with E-state index in [-0.39, 0.29) is 18.7 Å². The quantitative estimate of drug-likeness (QED) is 0.789. The Morgan fingerprint density at radius 2 is 2.12 bits per heavy atom. The van der Waals surface area contributed by atoms with Gasteiger partial charge in [0.05, 0.1) is 19.8 Å². The highest BCUT2D eigenvalue weighted by molar-refractivity contribution is 5.39. The molecular formula is C11H16FNO3. The SMILES string of the molecule is COCc1cc(C(O)CN)c(F)cc1OC. The van der Waals surface area contributed by atoms with E-state index in [1.807, 2.05) is 0 Å². The highest BCUT2D eigenvalue weighted by atomic mass is 19.1. The largest absolute Gasteiger partial charge is 0.496 e. The van der Waals surface area contributed by atoms with Gasteiger partial charge in [0.2, 0.25) is 0 Å². The van der Waals surface area contributed by atoms with Crippen LogP contribution in [-0.4, -0.2) is 25.9 Å². The first-order chi connectivity index (χ1) is 7.63. The van der Waals surface area contributed by atoms with Gasteiger partial charge in [-0.3, -0.25) is 0 Å². The van der Waals surface area contributed by atoms with Crippen molar-refractivity contribution < 1.29 is 19.0 Å². The summed E-state index contributed by atoms with van der Waals surface area (Å²) in [6.45, 7) is 0.253. The topological polar surface area (TPSA) is 64.7 Å². The third-order valence-electron chi connectivity index (χ3n) is 2.28. The van der Waals surface area contributed by atoms with E-state index in [2.05, 4.69) is 0 Å². The van der Waals surface area contributed by atoms with Crippen molar-refractivity contribution in [2.75, 3.05) is 20.8 Å². The summed E-state index contributed by atoms with van der Waals surface area (Å²) in [5, 5.41) is 9.52. The number of nitrogens with two attached hydrogens (primary N) is 1. The van der Waals surface area contributed by atoms with E-state index >= 15 is 0 Å². The molecule has 1 atom stereocenters. The molecule has 4 nitrogen and oxygen atoms in total. The van der Waals surface area contributed by atoms with Crippen LogP contribution in [0.15, 0.2) is 12.1 Å². The summed E-state index contributed by atoms with van der Waals surface area (Å²) in [6, 6.07) is 2.73. The highest BCUT2D eigenvalue weighted by Gasteiger charge is 2.15. The monoisotopic (exact) mass is 229 g/mol. The number of hydrogen-bond acceptors (Lipinski definition) is 4. The van der Waals surface area contributed by atoms with Gasteiger partial charge < -0.3 is 20.3 Å². The number of benzene rings is 1. The van der Waals surface area contributed by atoms with Crippen LogP contribution >= 0.6 is 0 Å². The molecule has 0 fully saturated rings. The number of methoxy groups -OCH3 is 2. The van der Waals surface area contributed by atoms with Crippen molar-refractivity contribution in [2.24, 2.45) is 5.73 Å². The van der Waals surface area contributed by atoms with Crippen LogP contribution in [0.5, 0.6) is 5.75 Å². The third-order valence-corrected chi connectivity index (χ3v) is 2.28. The van der Waals surface area contributed by atoms with Crippen molar-refractivity contribution in [1.82, 2.24) is 0 Å². The van der Waals surface area contributed by atoms with Crippen LogP contribution in [0.2, 0.25) is 0 Å². The van der Waals surface area contributed by atoms with Crippen LogP contribution in [0.3, 0.4) is 0 Å². The summed E-state index contributed by atoms with van der Waals surface area (Å²) >= 11 is 0. The van der Waals surface area contributed by atoms with Gasteiger partial charge in [-0.1, -0.05) is 0 Å². The minimum Gasteiger partial charge on any atom is -0.496 e. The van der Waals surface area contributed by atoms with Crippen molar-refractivity contribution in [1.29, 1.82) is 0 Å². The molecule has 0 bridgehead atoms. The second kappa shape index (κ2) is 5.79. The van der Waals surface area contributed by atoms with E-state index in [0.29, 0.717) is 11.3 Å². The van der Waals surface area contributed by atoms with Crippen LogP contribution < -0.4 is 10.5 Å². The van der Waals surface area contributed by atoms with Crippen molar-refractivity contribution >= 4 is 0 Å². The summed E-state index contributed by atoms with van der Waals surface area (Å²) < 4.78 is 23.5. The molecule has 0 aliphatic carbocycles. The lowest BCUT2D eigenvalue weighted by atomic mass is 10.0. The Labute approximate surface area is 93.8 Å². The fourth-order valence-corrected chi connectivity index (χ4v) is 1.46. The summed E-state index contributed by atoms with van der Waals surface area (Å²) in [4.78, 5) is 0. The first-order valence-corrected chi connectivity index (χ1v) is 4.87. The molecule has 0 heterocycles. The molecule has 90 valence electrons. The van der Waals surface area contributed by atoms with Crippen LogP contribution in [0.1, 0.15) is 17.2 Å². The molecular weight excluding hydrogens is 213 g/mol. The summed E-state index contributed by atoms with van der Waals surface area (Å²) in [5.74, 6) is -0.137. The lowest BCUT2D eigenvalue weighted by Crippen LogP contribution is -2.13. The average molecular weight is 229 g/mol. The lowest BCUT2D eigenvalue weighted by molar-refractivity contribution is 0.174. The first kappa shape index (κ1) is 12.9. The first-order valence-electron chi connectivity index (χ1n) is 4.87. The predicted octanol–water partition coefficient (Wildman–Crippen LogP) is 0.973. The van der Waals surface area contributed by atoms with Gasteiger partial charge in [-0.15, -0.1) is 0 Å². The Morgan fingerprint density at radius 1 is 1.44 bits per heavy atom. The average Bonchev–Trinajstić information content (AvgIpc) is 2.30. The molecule has 5 heteroatoms. The fraction of sp³-hybridized carbons (Fsp3) is 0.455. The molecule has 3 N–H and O–H groups in total. The van der Waals surface area contributed by atoms with E-state index in [1.54, 1.807) is 0 Å². The Balaban J connectivity index is 3.16. The van der Waals surface area contributed by atoms with Crippen LogP contribution in [0.25, 0.3) is 0 Å². The Morgan fingerprint density at radius 3 is 2.62 bits per heavy atom. The molecule has 1 rings (SSSR count). The van der Waals surface area contributed by atoms with Gasteiger partial charge in [0.1, 0.15) is 11.6 Å². The van der Waals surface area contributed by atoms with Gasteiger partial charge in [-0.2, -0.15) is 0 Å². The Hall–Kier alpha value is -1.17. The number of halogens is 1. The summed E-state index contributed by atoms with van der Waals surface area (Å²) in [6.07, 6.45) is -1.01. The zero-order valence-electron chi connectivity index (χ0n) is 9.37. The second-order valence-corrected chi connectivity index (χ2v) is 3.37. The predicted molar refractivity (Wildman–Crippen MR) is 57.7 cm³/mol. The van der Waals surface area contributed by atoms with Gasteiger partial charge in [-0.25, -0.2) is 4.39 Å². The Bertz CT molecular complexity index is 357. The zero-order valence-corrected chi connectivity index (χ0v) is 9.37. The molecule has 0 saturated carbocycles. The number of ether oxygens (including phenoxy) is 2. The van der Waals surface area contributed by atoms with Crippen molar-refractivity contribution in [3.8, 4) is 5.75 Å². The molecule has 0 radical (unpaired) electrons. The minimum absolute atomic E-state index is 0.0321. The van der Waals surface area contributed by atoms with Crippen molar-refractivity contribution in [3.63, 3.8) is 0 Å². The molecule has 0 aromatic heterocycles. The maximum Gasteiger partial charge on any atom is 0.132 e. The van der Waals surface area contributed by atoms with Crippen LogP contribution in [-0.2, 0) is 11.3 Å². The second-order valence-electron chi connectivity index (χ2n) is 3.37. The maximum atomic E-state index is 13.6. The highest BCUT2D eigenvalue weighted by Crippen LogP contribution is 2.26. The molecule has 0 amide bonds. The minimum atomic E-state index is -1.01. The van der Waals surface area contributed by atoms with Gasteiger partial charge in [0.15, 0.2) is 0 Å². The van der Waals surface area contributed by atoms with E-state index in [9.17, 15) is 9.50 Å². The molecule has 0 aliphatic heterocycles. The zero-order chi connectivity index (χ0) is 12.1. The van der Waals surface area contributed by atoms with E-state index in [0.717, 1.165) is 0 Å². The normalized spacial score (nSPS) is 12.6. The molecule has 1 aromatic carbocycles. The Kier molecular flexibility index (Phi) is 4.67. The van der Waals surface area contributed by atoms with Gasteiger partial charge >= 0.3 is 0 Å². The molecule has 1 aromatic rings. The van der Waals surface area contributed by atoms with E-state index in [4.69, 9.17) is 15.2 Å². The number of aliphatic hydroxyl groups is 1. The third kappa shape index (κ3) is 2.69. The molecule has 0 spiro atoms. The van der Waals surface area contributed by atoms with Gasteiger partial charge in [-0.05, 0) is 6.07 Å². The van der Waals surface area contributed by atoms with Crippen LogP contribution in [0, 0.1) is 5.82 Å². The molecule has 0 saturated heterocycles. The van der Waals surface area contributed by atoms with E-state index in [1.165, 1.54) is 26.4 Å². The standard InChI is InChI=1S/C11H16FNO3/c1-15-6-7-3-8(10(14)5-13)9(12)4-11(7)16-2/h3-4,10,14H,5-6,13H2,1-2H3. The molecule has 0 aliphatic rings. The summed E-state index contributed by atoms with van der Waals surface area (Å²) in [7, 11) is 2.98. The molecule has 16 heavy (non-hydrogen) atoms. The lowest BCUT2D eigenvalue weighted by Gasteiger charge is -2.14. The van der Waals surface area contributed by atoms with Crippen LogP contribution in [0.4, 0.5) is 4.39 Å². The van der Waals surface area contributed by atoms with Gasteiger partial charge in [0.25, 0.3) is 0 Å². The van der Waals surface area contributed by atoms with Crippen molar-refractivity contribution in [2.45, 2.75) is 12.7 Å². The summed E-state index contributed by atoms with van der Waals surface area (Å²) in [5.41, 5.74) is 6.13. The fourth-order valence-electron chi connectivity index (χ4n) is 1.46. The van der Waals surface area contributed by atoms with Crippen molar-refractivity contribution in [3.05, 3.63) is 29.1 Å². The number of aliphatic hydroxyl groups excluding tert-OH is 1. The maximum absolute atomic E-state index is 13.6. The van der Waals surface area contributed by atoms with Gasteiger partial charge in [0, 0.05) is 30.8 Å². The smallest absolute Gasteiger partial charge is 0.132 e. The van der Waals surface area contributed by atoms with E-state index < -0.39 is 11.9 Å². The molecule has 1 unspecified atom stereocenters. The number of rotatable bonds is 5.